The number of carbonyl (C=O) groups excluding carboxylic acids is 1. The molecule has 0 saturated carbocycles. The molecule has 0 saturated heterocycles. The van der Waals surface area contributed by atoms with E-state index in [0.717, 1.165) is 0 Å². The van der Waals surface area contributed by atoms with Crippen LogP contribution in [0.15, 0.2) is 54.6 Å². The molecule has 0 aliphatic rings. The first-order valence-electron chi connectivity index (χ1n) is 6.09. The SMILES string of the molecule is Nc1cc(C(=O)NCCO)ccc1Cl.c1ccccc1. The molecule has 0 aliphatic heterocycles. The van der Waals surface area contributed by atoms with Gasteiger partial charge in [0.05, 0.1) is 17.3 Å². The smallest absolute Gasteiger partial charge is 0.251 e. The van der Waals surface area contributed by atoms with Crippen LogP contribution in [-0.4, -0.2) is 24.2 Å². The molecule has 2 aromatic carbocycles. The van der Waals surface area contributed by atoms with E-state index >= 15 is 0 Å². The molecule has 1 amide bonds. The molecule has 0 fully saturated rings. The van der Waals surface area contributed by atoms with Gasteiger partial charge in [-0.2, -0.15) is 0 Å². The van der Waals surface area contributed by atoms with Gasteiger partial charge in [-0.25, -0.2) is 0 Å². The van der Waals surface area contributed by atoms with Crippen molar-refractivity contribution >= 4 is 23.2 Å². The summed E-state index contributed by atoms with van der Waals surface area (Å²) in [6.07, 6.45) is 0. The number of hydrogen-bond donors (Lipinski definition) is 3. The summed E-state index contributed by atoms with van der Waals surface area (Å²) in [5.74, 6) is -0.276. The highest BCUT2D eigenvalue weighted by Gasteiger charge is 2.05. The lowest BCUT2D eigenvalue weighted by atomic mass is 10.2. The van der Waals surface area contributed by atoms with Crippen molar-refractivity contribution in [1.82, 2.24) is 5.32 Å². The lowest BCUT2D eigenvalue weighted by molar-refractivity contribution is 0.0945. The molecule has 4 nitrogen and oxygen atoms in total. The molecule has 0 radical (unpaired) electrons. The van der Waals surface area contributed by atoms with Crippen molar-refractivity contribution in [2.24, 2.45) is 0 Å². The summed E-state index contributed by atoms with van der Waals surface area (Å²) >= 11 is 5.69. The van der Waals surface area contributed by atoms with E-state index < -0.39 is 0 Å². The Morgan fingerprint density at radius 2 is 1.70 bits per heavy atom. The van der Waals surface area contributed by atoms with E-state index in [1.807, 2.05) is 36.4 Å². The molecule has 0 spiro atoms. The van der Waals surface area contributed by atoms with Crippen molar-refractivity contribution in [2.75, 3.05) is 18.9 Å². The van der Waals surface area contributed by atoms with Crippen molar-refractivity contribution in [3.8, 4) is 0 Å². The van der Waals surface area contributed by atoms with Gasteiger partial charge in [0.25, 0.3) is 5.91 Å². The molecule has 106 valence electrons. The van der Waals surface area contributed by atoms with Gasteiger partial charge in [0.15, 0.2) is 0 Å². The second-order valence-corrected chi connectivity index (χ2v) is 4.28. The number of anilines is 1. The molecule has 2 aromatic rings. The highest BCUT2D eigenvalue weighted by atomic mass is 35.5. The van der Waals surface area contributed by atoms with Crippen LogP contribution in [0.2, 0.25) is 5.02 Å². The molecular formula is C15H17ClN2O2. The maximum absolute atomic E-state index is 11.3. The Morgan fingerprint density at radius 3 is 2.15 bits per heavy atom. The topological polar surface area (TPSA) is 75.4 Å². The van der Waals surface area contributed by atoms with E-state index in [-0.39, 0.29) is 19.1 Å². The maximum atomic E-state index is 11.3. The predicted octanol–water partition coefficient (Wildman–Crippen LogP) is 2.33. The Morgan fingerprint density at radius 1 is 1.15 bits per heavy atom. The highest BCUT2D eigenvalue weighted by molar-refractivity contribution is 6.33. The van der Waals surface area contributed by atoms with E-state index in [0.29, 0.717) is 16.3 Å². The standard InChI is InChI=1S/C9H11ClN2O2.C6H6/c10-7-2-1-6(5-8(7)11)9(14)12-3-4-13;1-2-4-6-5-3-1/h1-2,5,13H,3-4,11H2,(H,12,14);1-6H. The molecule has 0 aromatic heterocycles. The summed E-state index contributed by atoms with van der Waals surface area (Å²) in [6, 6.07) is 16.6. The van der Waals surface area contributed by atoms with Gasteiger partial charge in [-0.3, -0.25) is 4.79 Å². The summed E-state index contributed by atoms with van der Waals surface area (Å²) in [6.45, 7) is 0.135. The van der Waals surface area contributed by atoms with Gasteiger partial charge in [0, 0.05) is 12.1 Å². The van der Waals surface area contributed by atoms with Gasteiger partial charge in [0.2, 0.25) is 0 Å². The van der Waals surface area contributed by atoms with Crippen molar-refractivity contribution < 1.29 is 9.90 Å². The predicted molar refractivity (Wildman–Crippen MR) is 81.7 cm³/mol. The summed E-state index contributed by atoms with van der Waals surface area (Å²) < 4.78 is 0. The zero-order valence-electron chi connectivity index (χ0n) is 10.9. The molecule has 0 atom stereocenters. The van der Waals surface area contributed by atoms with Crippen molar-refractivity contribution in [2.45, 2.75) is 0 Å². The first-order chi connectivity index (χ1) is 9.65. The molecule has 0 heterocycles. The number of benzene rings is 2. The van der Waals surface area contributed by atoms with Gasteiger partial charge in [-0.1, -0.05) is 48.0 Å². The Labute approximate surface area is 123 Å². The second-order valence-electron chi connectivity index (χ2n) is 3.87. The number of halogens is 1. The lowest BCUT2D eigenvalue weighted by Gasteiger charge is -2.04. The molecular weight excluding hydrogens is 276 g/mol. The summed E-state index contributed by atoms with van der Waals surface area (Å²) in [5.41, 5.74) is 6.32. The number of nitrogen functional groups attached to an aromatic ring is 1. The Balaban J connectivity index is 0.000000276. The molecule has 5 heteroatoms. The van der Waals surface area contributed by atoms with Crippen molar-refractivity contribution in [3.63, 3.8) is 0 Å². The Kier molecular flexibility index (Phi) is 7.17. The summed E-state index contributed by atoms with van der Waals surface area (Å²) in [5, 5.41) is 11.4. The average Bonchev–Trinajstić information content (AvgIpc) is 2.50. The number of nitrogens with two attached hydrogens (primary N) is 1. The summed E-state index contributed by atoms with van der Waals surface area (Å²) in [7, 11) is 0. The third-order valence-electron chi connectivity index (χ3n) is 2.32. The number of hydrogen-bond acceptors (Lipinski definition) is 3. The fraction of sp³-hybridized carbons (Fsp3) is 0.133. The van der Waals surface area contributed by atoms with Gasteiger partial charge >= 0.3 is 0 Å². The van der Waals surface area contributed by atoms with Crippen LogP contribution in [0.3, 0.4) is 0 Å². The number of aliphatic hydroxyl groups excluding tert-OH is 1. The molecule has 4 N–H and O–H groups in total. The maximum Gasteiger partial charge on any atom is 0.251 e. The number of nitrogens with one attached hydrogen (secondary N) is 1. The fourth-order valence-electron chi connectivity index (χ4n) is 1.34. The monoisotopic (exact) mass is 292 g/mol. The van der Waals surface area contributed by atoms with Crippen molar-refractivity contribution in [3.05, 3.63) is 65.2 Å². The van der Waals surface area contributed by atoms with Gasteiger partial charge in [0.1, 0.15) is 0 Å². The van der Waals surface area contributed by atoms with E-state index in [9.17, 15) is 4.79 Å². The van der Waals surface area contributed by atoms with Gasteiger partial charge in [-0.05, 0) is 18.2 Å². The minimum atomic E-state index is -0.276. The third-order valence-corrected chi connectivity index (χ3v) is 2.67. The zero-order valence-corrected chi connectivity index (χ0v) is 11.7. The fourth-order valence-corrected chi connectivity index (χ4v) is 1.46. The largest absolute Gasteiger partial charge is 0.398 e. The molecule has 0 bridgehead atoms. The molecule has 2 rings (SSSR count). The Bertz CT molecular complexity index is 506. The van der Waals surface area contributed by atoms with Crippen LogP contribution in [0.1, 0.15) is 10.4 Å². The zero-order chi connectivity index (χ0) is 14.8. The van der Waals surface area contributed by atoms with E-state index in [2.05, 4.69) is 5.32 Å². The van der Waals surface area contributed by atoms with E-state index in [1.54, 1.807) is 12.1 Å². The van der Waals surface area contributed by atoms with Gasteiger partial charge in [-0.15, -0.1) is 0 Å². The minimum absolute atomic E-state index is 0.0885. The van der Waals surface area contributed by atoms with Crippen LogP contribution in [0.25, 0.3) is 0 Å². The first kappa shape index (κ1) is 16.0. The van der Waals surface area contributed by atoms with Crippen LogP contribution in [-0.2, 0) is 0 Å². The molecule has 0 unspecified atom stereocenters. The third kappa shape index (κ3) is 5.73. The molecule has 0 aliphatic carbocycles. The van der Waals surface area contributed by atoms with Crippen LogP contribution in [0.5, 0.6) is 0 Å². The quantitative estimate of drug-likeness (QED) is 0.760. The van der Waals surface area contributed by atoms with Gasteiger partial charge < -0.3 is 16.2 Å². The average molecular weight is 293 g/mol. The van der Waals surface area contributed by atoms with Crippen LogP contribution in [0.4, 0.5) is 5.69 Å². The number of amides is 1. The number of aliphatic hydroxyl groups is 1. The van der Waals surface area contributed by atoms with Crippen LogP contribution < -0.4 is 11.1 Å². The number of rotatable bonds is 3. The van der Waals surface area contributed by atoms with Crippen LogP contribution in [0, 0.1) is 0 Å². The highest BCUT2D eigenvalue weighted by Crippen LogP contribution is 2.19. The summed E-state index contributed by atoms with van der Waals surface area (Å²) in [4.78, 5) is 11.3. The van der Waals surface area contributed by atoms with Crippen LogP contribution >= 0.6 is 11.6 Å². The second kappa shape index (κ2) is 8.96. The van der Waals surface area contributed by atoms with Crippen molar-refractivity contribution in [1.29, 1.82) is 0 Å². The van der Waals surface area contributed by atoms with E-state index in [1.165, 1.54) is 6.07 Å². The number of carbonyl (C=O) groups is 1. The Hall–Kier alpha value is -2.04. The first-order valence-corrected chi connectivity index (χ1v) is 6.47. The molecule has 20 heavy (non-hydrogen) atoms. The lowest BCUT2D eigenvalue weighted by Crippen LogP contribution is -2.26. The van der Waals surface area contributed by atoms with E-state index in [4.69, 9.17) is 22.4 Å². The normalized spacial score (nSPS) is 9.30. The minimum Gasteiger partial charge on any atom is -0.398 e.